The van der Waals surface area contributed by atoms with Crippen LogP contribution in [0.25, 0.3) is 0 Å². The fourth-order valence-corrected chi connectivity index (χ4v) is 3.23. The highest BCUT2D eigenvalue weighted by Crippen LogP contribution is 2.22. The van der Waals surface area contributed by atoms with Gasteiger partial charge < -0.3 is 9.64 Å². The van der Waals surface area contributed by atoms with E-state index >= 15 is 0 Å². The first kappa shape index (κ1) is 12.9. The zero-order valence-corrected chi connectivity index (χ0v) is 11.7. The van der Waals surface area contributed by atoms with Gasteiger partial charge in [-0.3, -0.25) is 4.90 Å². The van der Waals surface area contributed by atoms with Gasteiger partial charge in [0.15, 0.2) is 0 Å². The number of hydrogen-bond donors (Lipinski definition) is 0. The van der Waals surface area contributed by atoms with Crippen molar-refractivity contribution in [1.82, 2.24) is 9.88 Å². The topological polar surface area (TPSA) is 28.6 Å². The summed E-state index contributed by atoms with van der Waals surface area (Å²) in [4.78, 5) is 9.55. The van der Waals surface area contributed by atoms with Crippen LogP contribution in [-0.4, -0.2) is 54.8 Å². The molecule has 0 radical (unpaired) electrons. The quantitative estimate of drug-likeness (QED) is 0.811. The summed E-state index contributed by atoms with van der Waals surface area (Å²) in [7, 11) is 0. The summed E-state index contributed by atoms with van der Waals surface area (Å²) in [5.74, 6) is 1.11. The summed E-state index contributed by atoms with van der Waals surface area (Å²) < 4.78 is 5.46. The van der Waals surface area contributed by atoms with Crippen molar-refractivity contribution in [3.63, 3.8) is 0 Å². The van der Waals surface area contributed by atoms with E-state index in [2.05, 4.69) is 33.8 Å². The highest BCUT2D eigenvalue weighted by molar-refractivity contribution is 5.39. The number of nitrogens with zero attached hydrogens (tertiary/aromatic N) is 3. The third-order valence-corrected chi connectivity index (χ3v) is 4.31. The predicted octanol–water partition coefficient (Wildman–Crippen LogP) is 1.77. The third-order valence-electron chi connectivity index (χ3n) is 4.31. The minimum atomic E-state index is 0.534. The Balaban J connectivity index is 1.62. The molecule has 3 rings (SSSR count). The molecule has 4 heteroatoms. The second-order valence-corrected chi connectivity index (χ2v) is 5.57. The van der Waals surface area contributed by atoms with Gasteiger partial charge in [0.25, 0.3) is 0 Å². The van der Waals surface area contributed by atoms with Crippen LogP contribution < -0.4 is 4.90 Å². The van der Waals surface area contributed by atoms with Gasteiger partial charge in [-0.05, 0) is 31.9 Å². The maximum absolute atomic E-state index is 5.46. The highest BCUT2D eigenvalue weighted by Gasteiger charge is 2.29. The number of piperazine rings is 1. The van der Waals surface area contributed by atoms with Crippen molar-refractivity contribution in [2.75, 3.05) is 37.7 Å². The number of aromatic nitrogens is 1. The van der Waals surface area contributed by atoms with E-state index < -0.39 is 0 Å². The molecule has 1 aromatic rings. The van der Waals surface area contributed by atoms with Crippen molar-refractivity contribution in [3.05, 3.63) is 24.4 Å². The zero-order chi connectivity index (χ0) is 13.1. The van der Waals surface area contributed by atoms with Crippen LogP contribution in [0, 0.1) is 0 Å². The average molecular weight is 261 g/mol. The molecule has 0 amide bonds. The summed E-state index contributed by atoms with van der Waals surface area (Å²) >= 11 is 0. The molecular weight excluding hydrogens is 238 g/mol. The lowest BCUT2D eigenvalue weighted by molar-refractivity contribution is 0.0279. The van der Waals surface area contributed by atoms with E-state index in [0.29, 0.717) is 6.04 Å². The number of hydrogen-bond acceptors (Lipinski definition) is 4. The Labute approximate surface area is 115 Å². The Kier molecular flexibility index (Phi) is 3.99. The predicted molar refractivity (Wildman–Crippen MR) is 76.5 cm³/mol. The summed E-state index contributed by atoms with van der Waals surface area (Å²) in [5.41, 5.74) is 0. The minimum Gasteiger partial charge on any atom is -0.381 e. The summed E-state index contributed by atoms with van der Waals surface area (Å²) in [6, 6.07) is 7.42. The van der Waals surface area contributed by atoms with Gasteiger partial charge in [0.1, 0.15) is 5.82 Å². The maximum atomic E-state index is 5.46. The lowest BCUT2D eigenvalue weighted by Gasteiger charge is -2.44. The molecule has 19 heavy (non-hydrogen) atoms. The molecule has 0 unspecified atom stereocenters. The molecule has 0 bridgehead atoms. The molecule has 2 saturated heterocycles. The Morgan fingerprint density at radius 2 is 2.05 bits per heavy atom. The first-order valence-corrected chi connectivity index (χ1v) is 7.34. The molecule has 0 aromatic carbocycles. The summed E-state index contributed by atoms with van der Waals surface area (Å²) in [6.07, 6.45) is 4.26. The van der Waals surface area contributed by atoms with E-state index in [1.54, 1.807) is 0 Å². The molecule has 2 aliphatic rings. The summed E-state index contributed by atoms with van der Waals surface area (Å²) in [6.45, 7) is 7.53. The van der Waals surface area contributed by atoms with Gasteiger partial charge in [-0.25, -0.2) is 4.98 Å². The Hall–Kier alpha value is -1.13. The number of ether oxygens (including phenoxy) is 1. The third kappa shape index (κ3) is 2.90. The van der Waals surface area contributed by atoms with Crippen molar-refractivity contribution in [3.8, 4) is 0 Å². The average Bonchev–Trinajstić information content (AvgIpc) is 2.49. The monoisotopic (exact) mass is 261 g/mol. The van der Waals surface area contributed by atoms with Crippen molar-refractivity contribution in [2.45, 2.75) is 31.8 Å². The van der Waals surface area contributed by atoms with Gasteiger partial charge in [-0.15, -0.1) is 0 Å². The molecule has 0 aliphatic carbocycles. The fourth-order valence-electron chi connectivity index (χ4n) is 3.23. The van der Waals surface area contributed by atoms with Crippen LogP contribution in [-0.2, 0) is 4.74 Å². The molecule has 1 aromatic heterocycles. The van der Waals surface area contributed by atoms with Crippen LogP contribution in [0.4, 0.5) is 5.82 Å². The van der Waals surface area contributed by atoms with Gasteiger partial charge in [-0.2, -0.15) is 0 Å². The minimum absolute atomic E-state index is 0.534. The molecule has 104 valence electrons. The van der Waals surface area contributed by atoms with Crippen molar-refractivity contribution >= 4 is 5.82 Å². The molecular formula is C15H23N3O. The molecule has 1 atom stereocenters. The Morgan fingerprint density at radius 1 is 1.21 bits per heavy atom. The second-order valence-electron chi connectivity index (χ2n) is 5.57. The standard InChI is InChI=1S/C15H23N3O/c1-13-12-17(14-5-10-19-11-6-14)8-9-18(13)15-4-2-3-7-16-15/h2-4,7,13-14H,5-6,8-12H2,1H3/t13-/m1/s1. The SMILES string of the molecule is C[C@@H]1CN(C2CCOCC2)CCN1c1ccccn1. The Bertz CT molecular complexity index is 392. The van der Waals surface area contributed by atoms with Gasteiger partial charge in [0.05, 0.1) is 0 Å². The van der Waals surface area contributed by atoms with E-state index in [9.17, 15) is 0 Å². The van der Waals surface area contributed by atoms with E-state index in [1.807, 2.05) is 12.3 Å². The van der Waals surface area contributed by atoms with Crippen molar-refractivity contribution in [1.29, 1.82) is 0 Å². The van der Waals surface area contributed by atoms with E-state index in [-0.39, 0.29) is 0 Å². The van der Waals surface area contributed by atoms with Crippen LogP contribution in [0.2, 0.25) is 0 Å². The second kappa shape index (κ2) is 5.88. The molecule has 3 heterocycles. The van der Waals surface area contributed by atoms with E-state index in [4.69, 9.17) is 4.74 Å². The largest absolute Gasteiger partial charge is 0.381 e. The van der Waals surface area contributed by atoms with Crippen molar-refractivity contribution in [2.24, 2.45) is 0 Å². The van der Waals surface area contributed by atoms with Crippen LogP contribution in [0.1, 0.15) is 19.8 Å². The van der Waals surface area contributed by atoms with Gasteiger partial charge >= 0.3 is 0 Å². The Morgan fingerprint density at radius 3 is 2.74 bits per heavy atom. The van der Waals surface area contributed by atoms with E-state index in [0.717, 1.165) is 44.7 Å². The molecule has 2 aliphatic heterocycles. The van der Waals surface area contributed by atoms with E-state index in [1.165, 1.54) is 12.8 Å². The van der Waals surface area contributed by atoms with Crippen LogP contribution in [0.15, 0.2) is 24.4 Å². The van der Waals surface area contributed by atoms with Gasteiger partial charge in [0, 0.05) is 51.1 Å². The summed E-state index contributed by atoms with van der Waals surface area (Å²) in [5, 5.41) is 0. The fraction of sp³-hybridized carbons (Fsp3) is 0.667. The number of anilines is 1. The molecule has 4 nitrogen and oxygen atoms in total. The van der Waals surface area contributed by atoms with Crippen LogP contribution >= 0.6 is 0 Å². The molecule has 0 spiro atoms. The first-order valence-electron chi connectivity index (χ1n) is 7.34. The molecule has 0 saturated carbocycles. The first-order chi connectivity index (χ1) is 9.34. The smallest absolute Gasteiger partial charge is 0.128 e. The van der Waals surface area contributed by atoms with Gasteiger partial charge in [0.2, 0.25) is 0 Å². The number of rotatable bonds is 2. The van der Waals surface area contributed by atoms with Gasteiger partial charge in [-0.1, -0.05) is 6.07 Å². The zero-order valence-electron chi connectivity index (χ0n) is 11.7. The van der Waals surface area contributed by atoms with Crippen LogP contribution in [0.5, 0.6) is 0 Å². The van der Waals surface area contributed by atoms with Crippen molar-refractivity contribution < 1.29 is 4.74 Å². The highest BCUT2D eigenvalue weighted by atomic mass is 16.5. The molecule has 0 N–H and O–H groups in total. The van der Waals surface area contributed by atoms with Crippen LogP contribution in [0.3, 0.4) is 0 Å². The normalized spacial score (nSPS) is 26.6. The lowest BCUT2D eigenvalue weighted by Crippen LogP contribution is -2.56. The molecule has 2 fully saturated rings. The maximum Gasteiger partial charge on any atom is 0.128 e. The lowest BCUT2D eigenvalue weighted by atomic mass is 10.0. The number of pyridine rings is 1.